The van der Waals surface area contributed by atoms with Crippen molar-refractivity contribution in [2.75, 3.05) is 0 Å². The number of aliphatic hydroxyl groups excluding tert-OH is 7. The highest BCUT2D eigenvalue weighted by molar-refractivity contribution is 5.99. The smallest absolute Gasteiger partial charge is 0.316 e. The molecule has 0 aliphatic carbocycles. The summed E-state index contributed by atoms with van der Waals surface area (Å²) < 4.78 is 11.5. The molecule has 0 saturated carbocycles. The molecule has 2 rings (SSSR count). The molecule has 13 heteroatoms. The second-order valence-corrected chi connectivity index (χ2v) is 13.1. The van der Waals surface area contributed by atoms with Crippen molar-refractivity contribution in [1.82, 2.24) is 0 Å². The van der Waals surface area contributed by atoms with Crippen molar-refractivity contribution in [3.05, 3.63) is 0 Å². The zero-order valence-electron chi connectivity index (χ0n) is 27.0. The Morgan fingerprint density at radius 1 is 0.733 bits per heavy atom. The van der Waals surface area contributed by atoms with Crippen LogP contribution in [0.2, 0.25) is 0 Å². The third-order valence-corrected chi connectivity index (χ3v) is 9.52. The first-order valence-corrected chi connectivity index (χ1v) is 16.7. The minimum Gasteiger partial charge on any atom is -0.481 e. The molecular weight excluding hydrogens is 592 g/mol. The van der Waals surface area contributed by atoms with Gasteiger partial charge in [0.15, 0.2) is 5.78 Å². The molecule has 3 unspecified atom stereocenters. The number of hydrogen-bond donors (Lipinski definition) is 9. The molecule has 0 aromatic rings. The number of aliphatic carboxylic acids is 1. The monoisotopic (exact) mass is 650 g/mol. The number of Topliss-reactive ketones (excluding diaryl/α,β-unsaturated/α-hetero) is 1. The van der Waals surface area contributed by atoms with Crippen molar-refractivity contribution in [3.8, 4) is 0 Å². The van der Waals surface area contributed by atoms with Gasteiger partial charge in [0.25, 0.3) is 0 Å². The van der Waals surface area contributed by atoms with Crippen molar-refractivity contribution >= 4 is 11.8 Å². The second-order valence-electron chi connectivity index (χ2n) is 13.1. The van der Waals surface area contributed by atoms with E-state index >= 15 is 0 Å². The minimum atomic E-state index is -2.27. The highest BCUT2D eigenvalue weighted by Crippen LogP contribution is 2.40. The van der Waals surface area contributed by atoms with Crippen LogP contribution < -0.4 is 0 Å². The quantitative estimate of drug-likeness (QED) is 0.0648. The number of ketones is 1. The molecule has 13 atom stereocenters. The van der Waals surface area contributed by atoms with Crippen LogP contribution in [0.15, 0.2) is 0 Å². The molecule has 0 aromatic carbocycles. The van der Waals surface area contributed by atoms with E-state index in [1.54, 1.807) is 6.92 Å². The summed E-state index contributed by atoms with van der Waals surface area (Å²) in [4.78, 5) is 24.2. The Morgan fingerprint density at radius 3 is 1.91 bits per heavy atom. The molecule has 9 N–H and O–H groups in total. The maximum Gasteiger partial charge on any atom is 0.316 e. The molecule has 2 heterocycles. The van der Waals surface area contributed by atoms with E-state index in [1.807, 2.05) is 0 Å². The lowest BCUT2D eigenvalue weighted by Crippen LogP contribution is -2.75. The number of carbonyl (C=O) groups is 2. The van der Waals surface area contributed by atoms with Gasteiger partial charge in [-0.25, -0.2) is 0 Å². The molecule has 0 bridgehead atoms. The van der Waals surface area contributed by atoms with Gasteiger partial charge in [-0.2, -0.15) is 0 Å². The number of carbonyl (C=O) groups excluding carboxylic acids is 1. The predicted molar refractivity (Wildman–Crippen MR) is 162 cm³/mol. The Morgan fingerprint density at radius 2 is 1.29 bits per heavy atom. The van der Waals surface area contributed by atoms with E-state index in [9.17, 15) is 55.5 Å². The van der Waals surface area contributed by atoms with Crippen molar-refractivity contribution in [1.29, 1.82) is 0 Å². The van der Waals surface area contributed by atoms with Gasteiger partial charge in [-0.3, -0.25) is 9.59 Å². The normalized spacial score (nSPS) is 35.9. The largest absolute Gasteiger partial charge is 0.481 e. The standard InChI is InChI=1S/C32H58O13/c1-4-5-6-8-12-15-21(34)24(31(41)42)22(35)17-20(33)14-11-9-7-10-13-16-23-32(43,29(40)26(37)19(3)44-23)30-28(39)27(38)25(36)18(2)45-30/h18-21,23-30,33-34,36-40,43H,4-17H2,1-3H3,(H,41,42)/t18-,19-,20?,21?,23-,24?,25-,26-,27+,28+,29+,30+,32-/m0/s1. The summed E-state index contributed by atoms with van der Waals surface area (Å²) in [5.74, 6) is -3.61. The molecular formula is C32H58O13. The molecule has 2 aliphatic rings. The van der Waals surface area contributed by atoms with Gasteiger partial charge in [0.2, 0.25) is 0 Å². The lowest BCUT2D eigenvalue weighted by Gasteiger charge is -2.54. The number of ether oxygens (including phenoxy) is 2. The number of rotatable bonds is 20. The van der Waals surface area contributed by atoms with Crippen molar-refractivity contribution in [2.24, 2.45) is 5.92 Å². The van der Waals surface area contributed by atoms with E-state index in [-0.39, 0.29) is 19.3 Å². The molecule has 0 aromatic heterocycles. The number of carboxylic acid groups (broad SMARTS) is 1. The fraction of sp³-hybridized carbons (Fsp3) is 0.938. The molecule has 2 aliphatic heterocycles. The van der Waals surface area contributed by atoms with Crippen molar-refractivity contribution in [3.63, 3.8) is 0 Å². The van der Waals surface area contributed by atoms with Gasteiger partial charge in [0.1, 0.15) is 48.1 Å². The summed E-state index contributed by atoms with van der Waals surface area (Å²) in [6, 6.07) is 0. The molecule has 0 radical (unpaired) electrons. The minimum absolute atomic E-state index is 0.225. The number of hydrogen-bond acceptors (Lipinski definition) is 12. The van der Waals surface area contributed by atoms with Crippen LogP contribution in [0, 0.1) is 5.92 Å². The molecule has 264 valence electrons. The van der Waals surface area contributed by atoms with Crippen LogP contribution in [-0.2, 0) is 19.1 Å². The topological polar surface area (TPSA) is 235 Å². The van der Waals surface area contributed by atoms with Crippen molar-refractivity contribution < 1.29 is 65.0 Å². The summed E-state index contributed by atoms with van der Waals surface area (Å²) in [5, 5.41) is 94.1. The van der Waals surface area contributed by atoms with Gasteiger partial charge < -0.3 is 55.4 Å². The Labute approximate surface area is 266 Å². The van der Waals surface area contributed by atoms with E-state index in [4.69, 9.17) is 9.47 Å². The van der Waals surface area contributed by atoms with Crippen LogP contribution in [0.1, 0.15) is 111 Å². The van der Waals surface area contributed by atoms with Crippen LogP contribution in [0.4, 0.5) is 0 Å². The fourth-order valence-electron chi connectivity index (χ4n) is 6.60. The van der Waals surface area contributed by atoms with Gasteiger partial charge in [0.05, 0.1) is 30.5 Å². The summed E-state index contributed by atoms with van der Waals surface area (Å²) in [6.45, 7) is 5.08. The molecule has 13 nitrogen and oxygen atoms in total. The zero-order valence-corrected chi connectivity index (χ0v) is 27.0. The van der Waals surface area contributed by atoms with E-state index < -0.39 is 90.4 Å². The van der Waals surface area contributed by atoms with Crippen LogP contribution in [0.3, 0.4) is 0 Å². The molecule has 0 spiro atoms. The van der Waals surface area contributed by atoms with Gasteiger partial charge in [-0.05, 0) is 33.1 Å². The Kier molecular flexibility index (Phi) is 16.8. The first-order valence-electron chi connectivity index (χ1n) is 16.7. The summed E-state index contributed by atoms with van der Waals surface area (Å²) in [5.41, 5.74) is -2.27. The molecule has 0 amide bonds. The number of aliphatic hydroxyl groups is 8. The second kappa shape index (κ2) is 18.9. The maximum absolute atomic E-state index is 12.6. The van der Waals surface area contributed by atoms with Crippen LogP contribution >= 0.6 is 0 Å². The van der Waals surface area contributed by atoms with E-state index in [0.29, 0.717) is 38.5 Å². The molecule has 45 heavy (non-hydrogen) atoms. The Bertz CT molecular complexity index is 889. The van der Waals surface area contributed by atoms with Gasteiger partial charge in [-0.15, -0.1) is 0 Å². The van der Waals surface area contributed by atoms with Gasteiger partial charge in [0, 0.05) is 6.42 Å². The first-order chi connectivity index (χ1) is 21.2. The Balaban J connectivity index is 1.80. The van der Waals surface area contributed by atoms with E-state index in [2.05, 4.69) is 6.92 Å². The Hall–Kier alpha value is -1.26. The predicted octanol–water partition coefficient (Wildman–Crippen LogP) is 0.570. The summed E-state index contributed by atoms with van der Waals surface area (Å²) in [6.07, 6.45) is -6.46. The van der Waals surface area contributed by atoms with Crippen molar-refractivity contribution in [2.45, 2.75) is 183 Å². The van der Waals surface area contributed by atoms with Crippen LogP contribution in [0.25, 0.3) is 0 Å². The van der Waals surface area contributed by atoms with Crippen LogP contribution in [-0.4, -0.2) is 130 Å². The number of unbranched alkanes of at least 4 members (excludes halogenated alkanes) is 8. The molecule has 2 fully saturated rings. The van der Waals surface area contributed by atoms with E-state index in [1.165, 1.54) is 6.92 Å². The fourth-order valence-corrected chi connectivity index (χ4v) is 6.60. The van der Waals surface area contributed by atoms with Gasteiger partial charge in [-0.1, -0.05) is 71.1 Å². The average Bonchev–Trinajstić information content (AvgIpc) is 2.98. The average molecular weight is 651 g/mol. The SMILES string of the molecule is CCCCCCCC(O)C(C(=O)O)C(=O)CC(O)CCCCCCC[C@@H]1O[C@@H](C)[C@H](O)[C@@H](O)[C@]1(O)[C@@H]1O[C@@H](C)[C@H](O)[C@@H](O)[C@H]1O. The third kappa shape index (κ3) is 10.6. The van der Waals surface area contributed by atoms with Gasteiger partial charge >= 0.3 is 5.97 Å². The lowest BCUT2D eigenvalue weighted by atomic mass is 9.72. The highest BCUT2D eigenvalue weighted by atomic mass is 16.6. The third-order valence-electron chi connectivity index (χ3n) is 9.52. The summed E-state index contributed by atoms with van der Waals surface area (Å²) in [7, 11) is 0. The summed E-state index contributed by atoms with van der Waals surface area (Å²) >= 11 is 0. The highest BCUT2D eigenvalue weighted by Gasteiger charge is 2.62. The maximum atomic E-state index is 12.6. The van der Waals surface area contributed by atoms with Crippen LogP contribution in [0.5, 0.6) is 0 Å². The number of carboxylic acids is 1. The molecule has 2 saturated heterocycles. The first kappa shape index (κ1) is 39.9. The lowest BCUT2D eigenvalue weighted by molar-refractivity contribution is -0.338. The van der Waals surface area contributed by atoms with E-state index in [0.717, 1.165) is 32.1 Å². The zero-order chi connectivity index (χ0) is 33.9.